The van der Waals surface area contributed by atoms with Gasteiger partial charge in [-0.25, -0.2) is 14.7 Å². The van der Waals surface area contributed by atoms with Crippen LogP contribution in [-0.2, 0) is 4.74 Å². The summed E-state index contributed by atoms with van der Waals surface area (Å²) in [5.41, 5.74) is -0.141. The standard InChI is InChI=1S/C11H12N4O4S/c1-2-18-8(16)7-5-19-11(12-7)20-10-14-13-9(17)15(10)6-3-4-6/h5-6H,2-4H2,1H3,(H,13,17). The highest BCUT2D eigenvalue weighted by molar-refractivity contribution is 7.99. The third kappa shape index (κ3) is 2.48. The molecule has 1 aliphatic carbocycles. The maximum absolute atomic E-state index is 11.6. The van der Waals surface area contributed by atoms with Gasteiger partial charge in [0.1, 0.15) is 6.26 Å². The van der Waals surface area contributed by atoms with Gasteiger partial charge in [0, 0.05) is 17.8 Å². The van der Waals surface area contributed by atoms with Crippen molar-refractivity contribution in [2.24, 2.45) is 0 Å². The zero-order valence-corrected chi connectivity index (χ0v) is 11.5. The lowest BCUT2D eigenvalue weighted by Crippen LogP contribution is -2.16. The van der Waals surface area contributed by atoms with E-state index in [0.29, 0.717) is 5.16 Å². The normalized spacial score (nSPS) is 14.4. The Labute approximate surface area is 117 Å². The zero-order valence-electron chi connectivity index (χ0n) is 10.7. The summed E-state index contributed by atoms with van der Waals surface area (Å²) in [5, 5.41) is 7.06. The Morgan fingerprint density at radius 2 is 2.45 bits per heavy atom. The summed E-state index contributed by atoms with van der Waals surface area (Å²) in [6, 6.07) is 0.197. The van der Waals surface area contributed by atoms with Crippen LogP contribution in [0.1, 0.15) is 36.3 Å². The third-order valence-corrected chi connectivity index (χ3v) is 3.56. The summed E-state index contributed by atoms with van der Waals surface area (Å²) >= 11 is 1.09. The molecule has 2 aromatic heterocycles. The molecule has 2 heterocycles. The molecule has 3 rings (SSSR count). The minimum absolute atomic E-state index is 0.102. The van der Waals surface area contributed by atoms with E-state index in [1.807, 2.05) is 0 Å². The smallest absolute Gasteiger partial charge is 0.360 e. The second kappa shape index (κ2) is 5.16. The number of H-pyrrole nitrogens is 1. The van der Waals surface area contributed by atoms with Crippen LogP contribution in [0.15, 0.2) is 25.9 Å². The maximum atomic E-state index is 11.6. The number of hydrogen-bond donors (Lipinski definition) is 1. The number of ether oxygens (including phenoxy) is 1. The second-order valence-corrected chi connectivity index (χ2v) is 5.15. The summed E-state index contributed by atoms with van der Waals surface area (Å²) in [4.78, 5) is 27.1. The molecular weight excluding hydrogens is 284 g/mol. The third-order valence-electron chi connectivity index (χ3n) is 2.73. The van der Waals surface area contributed by atoms with Gasteiger partial charge in [-0.2, -0.15) is 4.98 Å². The molecule has 106 valence electrons. The van der Waals surface area contributed by atoms with Crippen molar-refractivity contribution < 1.29 is 13.9 Å². The number of nitrogens with one attached hydrogen (secondary N) is 1. The fourth-order valence-corrected chi connectivity index (χ4v) is 2.52. The number of esters is 1. The summed E-state index contributed by atoms with van der Waals surface area (Å²) in [5.74, 6) is -0.537. The summed E-state index contributed by atoms with van der Waals surface area (Å²) in [6.45, 7) is 1.99. The highest BCUT2D eigenvalue weighted by Gasteiger charge is 2.29. The first-order chi connectivity index (χ1) is 9.69. The molecule has 0 aliphatic heterocycles. The van der Waals surface area contributed by atoms with Gasteiger partial charge >= 0.3 is 11.7 Å². The molecule has 0 radical (unpaired) electrons. The Balaban J connectivity index is 1.78. The van der Waals surface area contributed by atoms with Crippen LogP contribution < -0.4 is 5.69 Å². The van der Waals surface area contributed by atoms with Gasteiger partial charge in [-0.3, -0.25) is 4.57 Å². The average Bonchev–Trinajstić information content (AvgIpc) is 3.03. The van der Waals surface area contributed by atoms with Crippen molar-refractivity contribution in [1.82, 2.24) is 19.7 Å². The number of oxazole rings is 1. The lowest BCUT2D eigenvalue weighted by atomic mass is 10.5. The minimum atomic E-state index is -0.537. The van der Waals surface area contributed by atoms with E-state index in [4.69, 9.17) is 9.15 Å². The minimum Gasteiger partial charge on any atom is -0.461 e. The molecule has 0 saturated heterocycles. The van der Waals surface area contributed by atoms with Crippen LogP contribution in [0.4, 0.5) is 0 Å². The van der Waals surface area contributed by atoms with Crippen molar-refractivity contribution in [2.45, 2.75) is 36.2 Å². The van der Waals surface area contributed by atoms with E-state index < -0.39 is 5.97 Å². The van der Waals surface area contributed by atoms with Crippen LogP contribution in [-0.4, -0.2) is 32.3 Å². The number of carbonyl (C=O) groups excluding carboxylic acids is 1. The van der Waals surface area contributed by atoms with Crippen LogP contribution in [0.3, 0.4) is 0 Å². The molecular formula is C11H12N4O4S. The average molecular weight is 296 g/mol. The van der Waals surface area contributed by atoms with Gasteiger partial charge in [-0.15, -0.1) is 5.10 Å². The molecule has 0 spiro atoms. The highest BCUT2D eigenvalue weighted by atomic mass is 32.2. The fourth-order valence-electron chi connectivity index (χ4n) is 1.70. The van der Waals surface area contributed by atoms with Crippen molar-refractivity contribution in [2.75, 3.05) is 6.61 Å². The molecule has 20 heavy (non-hydrogen) atoms. The van der Waals surface area contributed by atoms with Crippen LogP contribution in [0.5, 0.6) is 0 Å². The Morgan fingerprint density at radius 1 is 1.65 bits per heavy atom. The van der Waals surface area contributed by atoms with Crippen molar-refractivity contribution in [1.29, 1.82) is 0 Å². The number of hydrogen-bond acceptors (Lipinski definition) is 7. The second-order valence-electron chi connectivity index (χ2n) is 4.23. The first kappa shape index (κ1) is 13.0. The molecule has 8 nitrogen and oxygen atoms in total. The first-order valence-electron chi connectivity index (χ1n) is 6.16. The van der Waals surface area contributed by atoms with Crippen LogP contribution >= 0.6 is 11.8 Å². The molecule has 2 aromatic rings. The topological polar surface area (TPSA) is 103 Å². The predicted molar refractivity (Wildman–Crippen MR) is 67.7 cm³/mol. The number of carbonyl (C=O) groups is 1. The molecule has 1 N–H and O–H groups in total. The van der Waals surface area contributed by atoms with Crippen molar-refractivity contribution in [3.8, 4) is 0 Å². The zero-order chi connectivity index (χ0) is 14.1. The monoisotopic (exact) mass is 296 g/mol. The van der Waals surface area contributed by atoms with Gasteiger partial charge in [0.05, 0.1) is 6.61 Å². The van der Waals surface area contributed by atoms with Crippen molar-refractivity contribution in [3.05, 3.63) is 22.4 Å². The Bertz CT molecular complexity index is 685. The maximum Gasteiger partial charge on any atom is 0.360 e. The lowest BCUT2D eigenvalue weighted by Gasteiger charge is -1.99. The van der Waals surface area contributed by atoms with Gasteiger partial charge in [-0.1, -0.05) is 0 Å². The van der Waals surface area contributed by atoms with Gasteiger partial charge < -0.3 is 9.15 Å². The number of rotatable bonds is 5. The van der Waals surface area contributed by atoms with Gasteiger partial charge in [0.15, 0.2) is 5.69 Å². The molecule has 0 unspecified atom stereocenters. The highest BCUT2D eigenvalue weighted by Crippen LogP contribution is 2.37. The SMILES string of the molecule is CCOC(=O)c1coc(Sc2n[nH]c(=O)n2C2CC2)n1. The predicted octanol–water partition coefficient (Wildman–Crippen LogP) is 1.22. The number of nitrogens with zero attached hydrogens (tertiary/aromatic N) is 3. The van der Waals surface area contributed by atoms with Gasteiger partial charge in [0.25, 0.3) is 5.22 Å². The van der Waals surface area contributed by atoms with Crippen molar-refractivity contribution >= 4 is 17.7 Å². The van der Waals surface area contributed by atoms with E-state index in [-0.39, 0.29) is 29.3 Å². The number of aromatic nitrogens is 4. The quantitative estimate of drug-likeness (QED) is 0.827. The van der Waals surface area contributed by atoms with E-state index >= 15 is 0 Å². The molecule has 1 saturated carbocycles. The Kier molecular flexibility index (Phi) is 3.35. The van der Waals surface area contributed by atoms with Gasteiger partial charge in [0.2, 0.25) is 5.16 Å². The molecule has 1 aliphatic rings. The molecule has 0 amide bonds. The Morgan fingerprint density at radius 3 is 3.15 bits per heavy atom. The first-order valence-corrected chi connectivity index (χ1v) is 6.98. The van der Waals surface area contributed by atoms with Crippen LogP contribution in [0.2, 0.25) is 0 Å². The molecule has 0 atom stereocenters. The molecule has 1 fully saturated rings. The summed E-state index contributed by atoms with van der Waals surface area (Å²) in [6.07, 6.45) is 3.16. The van der Waals surface area contributed by atoms with Gasteiger partial charge in [-0.05, 0) is 19.8 Å². The van der Waals surface area contributed by atoms with E-state index in [1.165, 1.54) is 6.26 Å². The fraction of sp³-hybridized carbons (Fsp3) is 0.455. The molecule has 0 bridgehead atoms. The lowest BCUT2D eigenvalue weighted by molar-refractivity contribution is 0.0519. The van der Waals surface area contributed by atoms with E-state index in [0.717, 1.165) is 24.6 Å². The summed E-state index contributed by atoms with van der Waals surface area (Å²) in [7, 11) is 0. The number of aromatic amines is 1. The Hall–Kier alpha value is -2.03. The van der Waals surface area contributed by atoms with E-state index in [9.17, 15) is 9.59 Å². The molecule has 9 heteroatoms. The largest absolute Gasteiger partial charge is 0.461 e. The van der Waals surface area contributed by atoms with Crippen molar-refractivity contribution in [3.63, 3.8) is 0 Å². The van der Waals surface area contributed by atoms with E-state index in [1.54, 1.807) is 11.5 Å². The summed E-state index contributed by atoms with van der Waals surface area (Å²) < 4.78 is 11.6. The van der Waals surface area contributed by atoms with E-state index in [2.05, 4.69) is 15.2 Å². The van der Waals surface area contributed by atoms with Crippen LogP contribution in [0, 0.1) is 0 Å². The van der Waals surface area contributed by atoms with Crippen LogP contribution in [0.25, 0.3) is 0 Å². The molecule has 0 aromatic carbocycles.